The van der Waals surface area contributed by atoms with Gasteiger partial charge < -0.3 is 5.11 Å². The molecule has 0 spiro atoms. The number of carbonyl (C=O) groups is 2. The number of carbonyl (C=O) groups excluding carboxylic acids is 1. The molecule has 1 aromatic carbocycles. The number of hydrogen-bond donors (Lipinski definition) is 1. The van der Waals surface area contributed by atoms with Gasteiger partial charge in [0.1, 0.15) is 0 Å². The fourth-order valence-electron chi connectivity index (χ4n) is 1.68. The van der Waals surface area contributed by atoms with Crippen LogP contribution >= 0.6 is 0 Å². The number of imide groups is 1. The van der Waals surface area contributed by atoms with E-state index >= 15 is 0 Å². The number of benzene rings is 1. The van der Waals surface area contributed by atoms with Crippen LogP contribution in [-0.4, -0.2) is 36.7 Å². The van der Waals surface area contributed by atoms with Crippen molar-refractivity contribution in [1.82, 2.24) is 4.90 Å². The lowest BCUT2D eigenvalue weighted by molar-refractivity contribution is 0.0763. The second-order valence-corrected chi connectivity index (χ2v) is 5.78. The van der Waals surface area contributed by atoms with Gasteiger partial charge in [-0.2, -0.15) is 0 Å². The molecule has 0 aliphatic carbocycles. The lowest BCUT2D eigenvalue weighted by Crippen LogP contribution is -2.29. The van der Waals surface area contributed by atoms with Crippen LogP contribution < -0.4 is 0 Å². The summed E-state index contributed by atoms with van der Waals surface area (Å²) in [6.45, 7) is -0.104. The molecule has 1 aliphatic rings. The molecule has 2 amide bonds. The van der Waals surface area contributed by atoms with Gasteiger partial charge in [-0.25, -0.2) is 18.1 Å². The molecule has 0 saturated heterocycles. The first-order valence-corrected chi connectivity index (χ1v) is 6.57. The van der Waals surface area contributed by atoms with Gasteiger partial charge in [-0.3, -0.25) is 4.79 Å². The van der Waals surface area contributed by atoms with E-state index in [9.17, 15) is 18.0 Å². The summed E-state index contributed by atoms with van der Waals surface area (Å²) in [6.07, 6.45) is -0.285. The van der Waals surface area contributed by atoms with Gasteiger partial charge in [0, 0.05) is 11.8 Å². The number of nitrogens with zero attached hydrogens (tertiary/aromatic N) is 1. The summed E-state index contributed by atoms with van der Waals surface area (Å²) >= 11 is 0. The van der Waals surface area contributed by atoms with Crippen molar-refractivity contribution >= 4 is 21.8 Å². The lowest BCUT2D eigenvalue weighted by Gasteiger charge is -2.06. The Labute approximate surface area is 97.4 Å². The van der Waals surface area contributed by atoms with Crippen molar-refractivity contribution in [3.05, 3.63) is 29.3 Å². The van der Waals surface area contributed by atoms with Gasteiger partial charge >= 0.3 is 6.09 Å². The SMILES string of the molecule is CS(=O)(=O)c1ccc2c(c1)CN(C(=O)O)C2=O. The zero-order chi connectivity index (χ0) is 12.8. The molecule has 90 valence electrons. The molecule has 1 aliphatic heterocycles. The normalized spacial score (nSPS) is 14.9. The second-order valence-electron chi connectivity index (χ2n) is 3.76. The Morgan fingerprint density at radius 1 is 1.41 bits per heavy atom. The van der Waals surface area contributed by atoms with Crippen molar-refractivity contribution in [3.63, 3.8) is 0 Å². The van der Waals surface area contributed by atoms with E-state index in [0.29, 0.717) is 10.5 Å². The third-order valence-electron chi connectivity index (χ3n) is 2.54. The summed E-state index contributed by atoms with van der Waals surface area (Å²) in [6, 6.07) is 3.99. The molecule has 0 atom stereocenters. The molecule has 0 saturated carbocycles. The highest BCUT2D eigenvalue weighted by atomic mass is 32.2. The third kappa shape index (κ3) is 1.89. The number of hydrogen-bond acceptors (Lipinski definition) is 4. The fraction of sp³-hybridized carbons (Fsp3) is 0.200. The van der Waals surface area contributed by atoms with Gasteiger partial charge in [0.2, 0.25) is 0 Å². The third-order valence-corrected chi connectivity index (χ3v) is 3.65. The Hall–Kier alpha value is -1.89. The van der Waals surface area contributed by atoms with Crippen LogP contribution in [0.25, 0.3) is 0 Å². The summed E-state index contributed by atoms with van der Waals surface area (Å²) in [4.78, 5) is 23.1. The number of rotatable bonds is 1. The van der Waals surface area contributed by atoms with E-state index in [0.717, 1.165) is 6.26 Å². The van der Waals surface area contributed by atoms with E-state index in [4.69, 9.17) is 5.11 Å². The van der Waals surface area contributed by atoms with Crippen molar-refractivity contribution in [3.8, 4) is 0 Å². The minimum atomic E-state index is -3.36. The molecular formula is C10H9NO5S. The topological polar surface area (TPSA) is 91.8 Å². The van der Waals surface area contributed by atoms with Crippen molar-refractivity contribution in [2.24, 2.45) is 0 Å². The summed E-state index contributed by atoms with van der Waals surface area (Å²) in [5.41, 5.74) is 0.653. The maximum absolute atomic E-state index is 11.6. The molecule has 6 nitrogen and oxygen atoms in total. The Morgan fingerprint density at radius 2 is 2.06 bits per heavy atom. The van der Waals surface area contributed by atoms with Gasteiger partial charge in [0.15, 0.2) is 9.84 Å². The highest BCUT2D eigenvalue weighted by Crippen LogP contribution is 2.25. The van der Waals surface area contributed by atoms with Crippen LogP contribution in [0.5, 0.6) is 0 Å². The van der Waals surface area contributed by atoms with Gasteiger partial charge in [0.25, 0.3) is 5.91 Å². The molecule has 7 heteroatoms. The molecule has 0 fully saturated rings. The Bertz CT molecular complexity index is 620. The van der Waals surface area contributed by atoms with Crippen molar-refractivity contribution in [2.45, 2.75) is 11.4 Å². The summed E-state index contributed by atoms with van der Waals surface area (Å²) < 4.78 is 22.6. The van der Waals surface area contributed by atoms with Gasteiger partial charge in [0.05, 0.1) is 11.4 Å². The maximum Gasteiger partial charge on any atom is 0.414 e. The van der Waals surface area contributed by atoms with E-state index in [1.807, 2.05) is 0 Å². The Kier molecular flexibility index (Phi) is 2.43. The number of sulfone groups is 1. The smallest absolute Gasteiger partial charge is 0.414 e. The second kappa shape index (κ2) is 3.56. The quantitative estimate of drug-likeness (QED) is 0.798. The lowest BCUT2D eigenvalue weighted by atomic mass is 10.1. The average Bonchev–Trinajstić information content (AvgIpc) is 2.54. The summed E-state index contributed by atoms with van der Waals surface area (Å²) in [7, 11) is -3.36. The van der Waals surface area contributed by atoms with Crippen LogP contribution in [-0.2, 0) is 16.4 Å². The fourth-order valence-corrected chi connectivity index (χ4v) is 2.35. The Balaban J connectivity index is 2.50. The summed E-state index contributed by atoms with van der Waals surface area (Å²) in [5.74, 6) is -0.618. The molecule has 1 heterocycles. The monoisotopic (exact) mass is 255 g/mol. The molecule has 1 N–H and O–H groups in total. The van der Waals surface area contributed by atoms with Crippen LogP contribution in [0.3, 0.4) is 0 Å². The summed E-state index contributed by atoms with van der Waals surface area (Å²) in [5, 5.41) is 8.77. The van der Waals surface area contributed by atoms with E-state index in [-0.39, 0.29) is 17.0 Å². The highest BCUT2D eigenvalue weighted by molar-refractivity contribution is 7.90. The largest absolute Gasteiger partial charge is 0.465 e. The van der Waals surface area contributed by atoms with Gasteiger partial charge in [-0.15, -0.1) is 0 Å². The Morgan fingerprint density at radius 3 is 2.59 bits per heavy atom. The zero-order valence-electron chi connectivity index (χ0n) is 8.87. The number of amides is 2. The van der Waals surface area contributed by atoms with E-state index in [2.05, 4.69) is 0 Å². The standard InChI is InChI=1S/C10H9NO5S/c1-17(15,16)7-2-3-8-6(4-7)5-11(9(8)12)10(13)14/h2-4H,5H2,1H3,(H,13,14). The van der Waals surface area contributed by atoms with Crippen LogP contribution in [0.2, 0.25) is 0 Å². The molecular weight excluding hydrogens is 246 g/mol. The zero-order valence-corrected chi connectivity index (χ0v) is 9.69. The van der Waals surface area contributed by atoms with Gasteiger partial charge in [-0.05, 0) is 23.8 Å². The van der Waals surface area contributed by atoms with Crippen LogP contribution in [0, 0.1) is 0 Å². The first-order valence-electron chi connectivity index (χ1n) is 4.68. The minimum absolute atomic E-state index is 0.0799. The van der Waals surface area contributed by atoms with Crippen molar-refractivity contribution in [1.29, 1.82) is 0 Å². The number of fused-ring (bicyclic) bond motifs is 1. The predicted molar refractivity (Wildman–Crippen MR) is 57.5 cm³/mol. The molecule has 0 radical (unpaired) electrons. The molecule has 1 aromatic rings. The predicted octanol–water partition coefficient (Wildman–Crippen LogP) is 0.724. The first kappa shape index (κ1) is 11.6. The molecule has 17 heavy (non-hydrogen) atoms. The first-order chi connectivity index (χ1) is 7.80. The van der Waals surface area contributed by atoms with Crippen molar-refractivity contribution < 1.29 is 23.1 Å². The maximum atomic E-state index is 11.6. The van der Waals surface area contributed by atoms with Crippen LogP contribution in [0.15, 0.2) is 23.1 Å². The van der Waals surface area contributed by atoms with E-state index in [1.165, 1.54) is 18.2 Å². The molecule has 0 aromatic heterocycles. The minimum Gasteiger partial charge on any atom is -0.465 e. The molecule has 0 bridgehead atoms. The van der Waals surface area contributed by atoms with Crippen LogP contribution in [0.4, 0.5) is 4.79 Å². The van der Waals surface area contributed by atoms with E-state index in [1.54, 1.807) is 0 Å². The van der Waals surface area contributed by atoms with E-state index < -0.39 is 21.8 Å². The average molecular weight is 255 g/mol. The molecule has 0 unspecified atom stereocenters. The number of carboxylic acid groups (broad SMARTS) is 1. The van der Waals surface area contributed by atoms with Crippen molar-refractivity contribution in [2.75, 3.05) is 6.26 Å². The molecule has 2 rings (SSSR count). The van der Waals surface area contributed by atoms with Gasteiger partial charge in [-0.1, -0.05) is 0 Å². The van der Waals surface area contributed by atoms with Crippen LogP contribution in [0.1, 0.15) is 15.9 Å². The highest BCUT2D eigenvalue weighted by Gasteiger charge is 2.32.